The molecule has 9 heteroatoms. The number of anilines is 2. The molecule has 1 N–H and O–H groups in total. The van der Waals surface area contributed by atoms with Crippen LogP contribution in [0.5, 0.6) is 0 Å². The van der Waals surface area contributed by atoms with Crippen molar-refractivity contribution in [2.45, 2.75) is 38.6 Å². The Morgan fingerprint density at radius 2 is 2.00 bits per heavy atom. The largest absolute Gasteiger partial charge is 0.369 e. The third-order valence-corrected chi connectivity index (χ3v) is 7.60. The van der Waals surface area contributed by atoms with Crippen molar-refractivity contribution in [3.05, 3.63) is 63.3 Å². The molecule has 1 fully saturated rings. The number of nitrogens with zero attached hydrogens (tertiary/aromatic N) is 2. The minimum Gasteiger partial charge on any atom is -0.369 e. The molecular weight excluding hydrogens is 477 g/mol. The van der Waals surface area contributed by atoms with Crippen LogP contribution in [0.15, 0.2) is 41.3 Å². The van der Waals surface area contributed by atoms with E-state index < -0.39 is 29.4 Å². The van der Waals surface area contributed by atoms with E-state index in [2.05, 4.69) is 31.0 Å². The number of para-hydroxylation sites is 1. The molecule has 0 unspecified atom stereocenters. The molecule has 3 amide bonds. The van der Waals surface area contributed by atoms with Crippen molar-refractivity contribution in [3.63, 3.8) is 0 Å². The van der Waals surface area contributed by atoms with E-state index in [0.29, 0.717) is 16.5 Å². The SMILES string of the molecule is C[C@H]1CC(C)(C)N(C)c2cc(Cl)c(/C=C3\SC(=O)N(CC(=O)Nc4ccccc4F)C3=O)cc21. The number of carbonyl (C=O) groups excluding carboxylic acids is 3. The minimum atomic E-state index is -0.667. The summed E-state index contributed by atoms with van der Waals surface area (Å²) in [4.78, 5) is 40.9. The standard InChI is InChI=1S/C25H25ClFN3O3S/c1-14-12-25(2,3)29(4)20-11-17(26)15(9-16(14)20)10-21-23(32)30(24(33)34-21)13-22(31)28-19-8-6-5-7-18(19)27/h5-11,14H,12-13H2,1-4H3,(H,28,31)/b21-10-/t14-/m0/s1. The van der Waals surface area contributed by atoms with E-state index in [1.54, 1.807) is 12.1 Å². The van der Waals surface area contributed by atoms with Gasteiger partial charge in [0, 0.05) is 23.3 Å². The highest BCUT2D eigenvalue weighted by Gasteiger charge is 2.37. The van der Waals surface area contributed by atoms with Crippen molar-refractivity contribution in [2.24, 2.45) is 0 Å². The molecule has 0 bridgehead atoms. The van der Waals surface area contributed by atoms with Crippen LogP contribution in [0.4, 0.5) is 20.6 Å². The third kappa shape index (κ3) is 4.57. The summed E-state index contributed by atoms with van der Waals surface area (Å²) in [5.41, 5.74) is 2.79. The Bertz CT molecular complexity index is 1230. The molecule has 2 aliphatic rings. The maximum atomic E-state index is 13.8. The molecule has 0 aromatic heterocycles. The molecule has 34 heavy (non-hydrogen) atoms. The van der Waals surface area contributed by atoms with Gasteiger partial charge in [0.15, 0.2) is 0 Å². The number of benzene rings is 2. The second kappa shape index (κ2) is 9.07. The second-order valence-corrected chi connectivity index (χ2v) is 10.6. The Morgan fingerprint density at radius 3 is 2.71 bits per heavy atom. The van der Waals surface area contributed by atoms with Crippen molar-refractivity contribution in [1.82, 2.24) is 4.90 Å². The molecule has 0 aliphatic carbocycles. The van der Waals surface area contributed by atoms with Crippen molar-refractivity contribution in [3.8, 4) is 0 Å². The molecule has 2 aliphatic heterocycles. The van der Waals surface area contributed by atoms with Crippen LogP contribution in [0.1, 0.15) is 44.2 Å². The molecule has 178 valence electrons. The number of hydrogen-bond acceptors (Lipinski definition) is 5. The summed E-state index contributed by atoms with van der Waals surface area (Å²) in [7, 11) is 2.04. The van der Waals surface area contributed by atoms with Crippen LogP contribution >= 0.6 is 23.4 Å². The van der Waals surface area contributed by atoms with Gasteiger partial charge in [0.25, 0.3) is 11.1 Å². The van der Waals surface area contributed by atoms with Crippen molar-refractivity contribution < 1.29 is 18.8 Å². The number of halogens is 2. The highest BCUT2D eigenvalue weighted by molar-refractivity contribution is 8.18. The van der Waals surface area contributed by atoms with Gasteiger partial charge >= 0.3 is 0 Å². The first kappa shape index (κ1) is 24.3. The minimum absolute atomic E-state index is 0.0108. The third-order valence-electron chi connectivity index (χ3n) is 6.36. The Balaban J connectivity index is 1.55. The zero-order valence-corrected chi connectivity index (χ0v) is 20.9. The summed E-state index contributed by atoms with van der Waals surface area (Å²) in [6.07, 6.45) is 2.56. The maximum Gasteiger partial charge on any atom is 0.294 e. The number of thioether (sulfide) groups is 1. The van der Waals surface area contributed by atoms with Crippen molar-refractivity contribution >= 4 is 57.9 Å². The zero-order valence-electron chi connectivity index (χ0n) is 19.3. The van der Waals surface area contributed by atoms with Crippen LogP contribution in [0.25, 0.3) is 6.08 Å². The number of imide groups is 1. The lowest BCUT2D eigenvalue weighted by Crippen LogP contribution is -2.45. The first-order valence-corrected chi connectivity index (χ1v) is 12.0. The number of nitrogens with one attached hydrogen (secondary N) is 1. The Labute approximate surface area is 207 Å². The van der Waals surface area contributed by atoms with Crippen LogP contribution in [-0.2, 0) is 9.59 Å². The van der Waals surface area contributed by atoms with Crippen LogP contribution in [0.3, 0.4) is 0 Å². The fourth-order valence-corrected chi connectivity index (χ4v) is 5.43. The van der Waals surface area contributed by atoms with E-state index in [1.807, 2.05) is 19.2 Å². The molecular formula is C25H25ClFN3O3S. The lowest BCUT2D eigenvalue weighted by molar-refractivity contribution is -0.127. The molecule has 4 rings (SSSR count). The lowest BCUT2D eigenvalue weighted by atomic mass is 9.80. The van der Waals surface area contributed by atoms with Gasteiger partial charge in [-0.2, -0.15) is 0 Å². The molecule has 2 aromatic rings. The Hall–Kier alpha value is -2.84. The van der Waals surface area contributed by atoms with Gasteiger partial charge in [0.1, 0.15) is 12.4 Å². The average molecular weight is 502 g/mol. The quantitative estimate of drug-likeness (QED) is 0.530. The fraction of sp³-hybridized carbons (Fsp3) is 0.320. The van der Waals surface area contributed by atoms with E-state index in [0.717, 1.165) is 34.3 Å². The van der Waals surface area contributed by atoms with Gasteiger partial charge < -0.3 is 10.2 Å². The Kier molecular flexibility index (Phi) is 6.48. The topological polar surface area (TPSA) is 69.7 Å². The summed E-state index contributed by atoms with van der Waals surface area (Å²) >= 11 is 7.32. The fourth-order valence-electron chi connectivity index (χ4n) is 4.39. The number of rotatable bonds is 4. The van der Waals surface area contributed by atoms with Gasteiger partial charge in [-0.15, -0.1) is 0 Å². The number of carbonyl (C=O) groups is 3. The van der Waals surface area contributed by atoms with E-state index in [4.69, 9.17) is 11.6 Å². The van der Waals surface area contributed by atoms with Gasteiger partial charge in [-0.25, -0.2) is 4.39 Å². The van der Waals surface area contributed by atoms with Gasteiger partial charge in [-0.3, -0.25) is 19.3 Å². The number of fused-ring (bicyclic) bond motifs is 1. The first-order valence-electron chi connectivity index (χ1n) is 10.8. The van der Waals surface area contributed by atoms with E-state index in [-0.39, 0.29) is 16.1 Å². The van der Waals surface area contributed by atoms with E-state index >= 15 is 0 Å². The average Bonchev–Trinajstić information content (AvgIpc) is 3.02. The molecule has 2 aromatic carbocycles. The van der Waals surface area contributed by atoms with Gasteiger partial charge in [0.2, 0.25) is 5.91 Å². The van der Waals surface area contributed by atoms with Gasteiger partial charge in [-0.1, -0.05) is 30.7 Å². The number of hydrogen-bond donors (Lipinski definition) is 1. The molecule has 0 spiro atoms. The highest BCUT2D eigenvalue weighted by atomic mass is 35.5. The van der Waals surface area contributed by atoms with E-state index in [9.17, 15) is 18.8 Å². The van der Waals surface area contributed by atoms with Gasteiger partial charge in [0.05, 0.1) is 10.6 Å². The monoisotopic (exact) mass is 501 g/mol. The first-order chi connectivity index (χ1) is 16.0. The normalized spacial score (nSPS) is 20.6. The smallest absolute Gasteiger partial charge is 0.294 e. The predicted octanol–water partition coefficient (Wildman–Crippen LogP) is 5.88. The van der Waals surface area contributed by atoms with Crippen LogP contribution < -0.4 is 10.2 Å². The zero-order chi connectivity index (χ0) is 24.8. The molecule has 0 saturated carbocycles. The maximum absolute atomic E-state index is 13.8. The molecule has 2 heterocycles. The second-order valence-electron chi connectivity index (χ2n) is 9.21. The van der Waals surface area contributed by atoms with Crippen LogP contribution in [-0.4, -0.2) is 41.1 Å². The molecule has 1 atom stereocenters. The van der Waals surface area contributed by atoms with Crippen molar-refractivity contribution in [2.75, 3.05) is 23.8 Å². The molecule has 1 saturated heterocycles. The highest BCUT2D eigenvalue weighted by Crippen LogP contribution is 2.45. The van der Waals surface area contributed by atoms with Crippen LogP contribution in [0.2, 0.25) is 5.02 Å². The summed E-state index contributed by atoms with van der Waals surface area (Å²) in [5, 5.41) is 2.29. The predicted molar refractivity (Wildman–Crippen MR) is 135 cm³/mol. The van der Waals surface area contributed by atoms with Crippen LogP contribution in [0, 0.1) is 5.82 Å². The summed E-state index contributed by atoms with van der Waals surface area (Å²) in [6, 6.07) is 9.54. The lowest BCUT2D eigenvalue weighted by Gasteiger charge is -2.45. The number of amides is 3. The van der Waals surface area contributed by atoms with Crippen molar-refractivity contribution in [1.29, 1.82) is 0 Å². The van der Waals surface area contributed by atoms with Gasteiger partial charge in [-0.05, 0) is 79.4 Å². The summed E-state index contributed by atoms with van der Waals surface area (Å²) in [5.74, 6) is -1.56. The van der Waals surface area contributed by atoms with E-state index in [1.165, 1.54) is 18.2 Å². The Morgan fingerprint density at radius 1 is 1.29 bits per heavy atom. The molecule has 6 nitrogen and oxygen atoms in total. The summed E-state index contributed by atoms with van der Waals surface area (Å²) in [6.45, 7) is 6.03. The summed E-state index contributed by atoms with van der Waals surface area (Å²) < 4.78 is 13.8. The molecule has 0 radical (unpaired) electrons.